The van der Waals surface area contributed by atoms with E-state index in [0.717, 1.165) is 21.7 Å². The van der Waals surface area contributed by atoms with E-state index in [1.807, 2.05) is 63.2 Å². The van der Waals surface area contributed by atoms with Crippen molar-refractivity contribution in [3.8, 4) is 10.6 Å². The minimum atomic E-state index is -0.532. The van der Waals surface area contributed by atoms with Crippen LogP contribution in [0.1, 0.15) is 49.7 Å². The van der Waals surface area contributed by atoms with E-state index in [1.54, 1.807) is 16.0 Å². The standard InChI is InChI=1S/C23H29N5O3S/c1-14-19-16(13-17(18-7-6-12-32-18)25-20(19)27(5)26-14)21(29)28-10-8-15(9-11-28)24-22(30)31-23(2,3)4/h6-7,12-13,15H,8-11H2,1-5H3,(H,24,30). The van der Waals surface area contributed by atoms with Gasteiger partial charge in [0.25, 0.3) is 5.91 Å². The number of carbonyl (C=O) groups is 2. The largest absolute Gasteiger partial charge is 0.444 e. The number of nitrogens with one attached hydrogen (secondary N) is 1. The van der Waals surface area contributed by atoms with Crippen LogP contribution in [-0.4, -0.2) is 56.4 Å². The van der Waals surface area contributed by atoms with E-state index in [-0.39, 0.29) is 11.9 Å². The Hall–Kier alpha value is -2.94. The molecule has 32 heavy (non-hydrogen) atoms. The molecule has 0 aliphatic carbocycles. The van der Waals surface area contributed by atoms with E-state index in [4.69, 9.17) is 9.72 Å². The van der Waals surface area contributed by atoms with Crippen LogP contribution in [0.3, 0.4) is 0 Å². The minimum absolute atomic E-state index is 0.00633. The van der Waals surface area contributed by atoms with Crippen molar-refractivity contribution in [3.05, 3.63) is 34.8 Å². The van der Waals surface area contributed by atoms with Crippen LogP contribution in [0.5, 0.6) is 0 Å². The zero-order valence-corrected chi connectivity index (χ0v) is 20.0. The second kappa shape index (κ2) is 8.54. The summed E-state index contributed by atoms with van der Waals surface area (Å²) < 4.78 is 7.08. The van der Waals surface area contributed by atoms with Gasteiger partial charge in [0.1, 0.15) is 5.60 Å². The molecule has 0 radical (unpaired) electrons. The molecule has 1 saturated heterocycles. The minimum Gasteiger partial charge on any atom is -0.444 e. The SMILES string of the molecule is Cc1nn(C)c2nc(-c3cccs3)cc(C(=O)N3CCC(NC(=O)OC(C)(C)C)CC3)c12. The Morgan fingerprint density at radius 2 is 1.97 bits per heavy atom. The number of pyridine rings is 1. The van der Waals surface area contributed by atoms with Gasteiger partial charge in [-0.2, -0.15) is 5.10 Å². The number of thiophene rings is 1. The van der Waals surface area contributed by atoms with Crippen LogP contribution in [0, 0.1) is 6.92 Å². The number of ether oxygens (including phenoxy) is 1. The number of fused-ring (bicyclic) bond motifs is 1. The van der Waals surface area contributed by atoms with Gasteiger partial charge >= 0.3 is 6.09 Å². The number of piperidine rings is 1. The fourth-order valence-electron chi connectivity index (χ4n) is 4.04. The summed E-state index contributed by atoms with van der Waals surface area (Å²) >= 11 is 1.59. The van der Waals surface area contributed by atoms with E-state index in [1.165, 1.54) is 0 Å². The number of carbonyl (C=O) groups excluding carboxylic acids is 2. The lowest BCUT2D eigenvalue weighted by atomic mass is 10.0. The van der Waals surface area contributed by atoms with Gasteiger partial charge in [0.15, 0.2) is 5.65 Å². The van der Waals surface area contributed by atoms with Gasteiger partial charge < -0.3 is 15.0 Å². The second-order valence-electron chi connectivity index (χ2n) is 9.15. The van der Waals surface area contributed by atoms with Crippen LogP contribution < -0.4 is 5.32 Å². The van der Waals surface area contributed by atoms with E-state index in [2.05, 4.69) is 10.4 Å². The van der Waals surface area contributed by atoms with Crippen LogP contribution in [0.15, 0.2) is 23.6 Å². The highest BCUT2D eigenvalue weighted by molar-refractivity contribution is 7.13. The van der Waals surface area contributed by atoms with Crippen LogP contribution >= 0.6 is 11.3 Å². The quantitative estimate of drug-likeness (QED) is 0.641. The molecule has 170 valence electrons. The molecule has 0 spiro atoms. The van der Waals surface area contributed by atoms with Gasteiger partial charge in [0.2, 0.25) is 0 Å². The van der Waals surface area contributed by atoms with Gasteiger partial charge in [-0.05, 0) is 58.0 Å². The molecule has 1 N–H and O–H groups in total. The van der Waals surface area contributed by atoms with Gasteiger partial charge in [-0.3, -0.25) is 9.48 Å². The molecule has 0 saturated carbocycles. The molecule has 8 nitrogen and oxygen atoms in total. The van der Waals surface area contributed by atoms with E-state index in [0.29, 0.717) is 37.1 Å². The molecule has 3 aromatic rings. The zero-order valence-electron chi connectivity index (χ0n) is 19.1. The zero-order chi connectivity index (χ0) is 23.0. The first kappa shape index (κ1) is 22.3. The highest BCUT2D eigenvalue weighted by atomic mass is 32.1. The first-order chi connectivity index (χ1) is 15.1. The molecule has 3 aromatic heterocycles. The van der Waals surface area contributed by atoms with E-state index in [9.17, 15) is 9.59 Å². The normalized spacial score (nSPS) is 15.2. The predicted molar refractivity (Wildman–Crippen MR) is 125 cm³/mol. The van der Waals surface area contributed by atoms with Crippen LogP contribution in [0.4, 0.5) is 4.79 Å². The molecule has 9 heteroatoms. The molecular weight excluding hydrogens is 426 g/mol. The monoisotopic (exact) mass is 455 g/mol. The van der Waals surface area contributed by atoms with Gasteiger partial charge in [0, 0.05) is 26.2 Å². The molecule has 1 aliphatic rings. The number of amides is 2. The molecule has 1 fully saturated rings. The van der Waals surface area contributed by atoms with Crippen LogP contribution in [0.2, 0.25) is 0 Å². The number of alkyl carbamates (subject to hydrolysis) is 1. The lowest BCUT2D eigenvalue weighted by Gasteiger charge is -2.33. The molecule has 0 atom stereocenters. The summed E-state index contributed by atoms with van der Waals surface area (Å²) in [4.78, 5) is 33.3. The Morgan fingerprint density at radius 1 is 1.25 bits per heavy atom. The molecule has 0 aromatic carbocycles. The number of rotatable bonds is 3. The van der Waals surface area contributed by atoms with Gasteiger partial charge in [-0.15, -0.1) is 11.3 Å². The van der Waals surface area contributed by atoms with Gasteiger partial charge in [-0.1, -0.05) is 6.07 Å². The topological polar surface area (TPSA) is 89.4 Å². The molecule has 0 unspecified atom stereocenters. The van der Waals surface area contributed by atoms with Crippen molar-refractivity contribution < 1.29 is 14.3 Å². The smallest absolute Gasteiger partial charge is 0.407 e. The number of aryl methyl sites for hydroxylation is 2. The Bertz CT molecular complexity index is 1140. The first-order valence-electron chi connectivity index (χ1n) is 10.8. The van der Waals surface area contributed by atoms with Crippen molar-refractivity contribution in [2.24, 2.45) is 7.05 Å². The molecule has 1 aliphatic heterocycles. The van der Waals surface area contributed by atoms with Crippen LogP contribution in [-0.2, 0) is 11.8 Å². The molecule has 4 heterocycles. The summed E-state index contributed by atoms with van der Waals surface area (Å²) in [5.74, 6) is -0.0259. The number of hydrogen-bond donors (Lipinski definition) is 1. The lowest BCUT2D eigenvalue weighted by molar-refractivity contribution is 0.0474. The summed E-state index contributed by atoms with van der Waals surface area (Å²) in [5.41, 5.74) is 2.37. The molecule has 4 rings (SSSR count). The Morgan fingerprint density at radius 3 is 2.59 bits per heavy atom. The fourth-order valence-corrected chi connectivity index (χ4v) is 4.72. The van der Waals surface area contributed by atoms with Crippen molar-refractivity contribution in [2.75, 3.05) is 13.1 Å². The molecule has 2 amide bonds. The number of hydrogen-bond acceptors (Lipinski definition) is 6. The third kappa shape index (κ3) is 4.62. The highest BCUT2D eigenvalue weighted by Gasteiger charge is 2.28. The maximum Gasteiger partial charge on any atom is 0.407 e. The van der Waals surface area contributed by atoms with E-state index >= 15 is 0 Å². The third-order valence-electron chi connectivity index (χ3n) is 5.48. The van der Waals surface area contributed by atoms with Crippen molar-refractivity contribution in [3.63, 3.8) is 0 Å². The summed E-state index contributed by atoms with van der Waals surface area (Å²) in [6.45, 7) is 8.56. The summed E-state index contributed by atoms with van der Waals surface area (Å²) in [5, 5.41) is 10.2. The number of likely N-dealkylation sites (tertiary alicyclic amines) is 1. The Balaban J connectivity index is 1.54. The van der Waals surface area contributed by atoms with E-state index < -0.39 is 11.7 Å². The van der Waals surface area contributed by atoms with Crippen molar-refractivity contribution in [1.82, 2.24) is 25.0 Å². The van der Waals surface area contributed by atoms with Gasteiger partial charge in [-0.25, -0.2) is 9.78 Å². The van der Waals surface area contributed by atoms with Crippen molar-refractivity contribution in [2.45, 2.75) is 52.2 Å². The molecule has 0 bridgehead atoms. The van der Waals surface area contributed by atoms with Crippen LogP contribution in [0.25, 0.3) is 21.6 Å². The first-order valence-corrected chi connectivity index (χ1v) is 11.7. The molecular formula is C23H29N5O3S. The predicted octanol–water partition coefficient (Wildman–Crippen LogP) is 4.13. The highest BCUT2D eigenvalue weighted by Crippen LogP contribution is 2.30. The summed E-state index contributed by atoms with van der Waals surface area (Å²) in [7, 11) is 1.85. The number of nitrogens with zero attached hydrogens (tertiary/aromatic N) is 4. The number of aromatic nitrogens is 3. The average Bonchev–Trinajstić information content (AvgIpc) is 3.35. The maximum atomic E-state index is 13.6. The summed E-state index contributed by atoms with van der Waals surface area (Å²) in [6, 6.07) is 5.86. The second-order valence-corrected chi connectivity index (χ2v) is 10.1. The Kier molecular flexibility index (Phi) is 5.94. The van der Waals surface area contributed by atoms with Crippen molar-refractivity contribution in [1.29, 1.82) is 0 Å². The Labute approximate surface area is 191 Å². The van der Waals surface area contributed by atoms with Crippen molar-refractivity contribution >= 4 is 34.4 Å². The summed E-state index contributed by atoms with van der Waals surface area (Å²) in [6.07, 6.45) is 0.955. The average molecular weight is 456 g/mol. The fraction of sp³-hybridized carbons (Fsp3) is 0.478. The van der Waals surface area contributed by atoms with Gasteiger partial charge in [0.05, 0.1) is 27.2 Å². The third-order valence-corrected chi connectivity index (χ3v) is 6.37. The maximum absolute atomic E-state index is 13.6. The lowest BCUT2D eigenvalue weighted by Crippen LogP contribution is -2.47.